The molecule has 0 unspecified atom stereocenters. The second-order valence-corrected chi connectivity index (χ2v) is 4.94. The van der Waals surface area contributed by atoms with Gasteiger partial charge in [-0.2, -0.15) is 0 Å². The van der Waals surface area contributed by atoms with Gasteiger partial charge in [-0.25, -0.2) is 9.78 Å². The van der Waals surface area contributed by atoms with Gasteiger partial charge in [0.2, 0.25) is 0 Å². The third-order valence-electron chi connectivity index (χ3n) is 2.83. The number of fused-ring (bicyclic) bond motifs is 1. The van der Waals surface area contributed by atoms with Crippen molar-refractivity contribution >= 4 is 40.1 Å². The number of rotatable bonds is 2. The number of anilines is 2. The lowest BCUT2D eigenvalue weighted by atomic mass is 10.3. The monoisotopic (exact) mass is 301 g/mol. The smallest absolute Gasteiger partial charge is 0.323 e. The summed E-state index contributed by atoms with van der Waals surface area (Å²) in [5.41, 5.74) is 2.65. The van der Waals surface area contributed by atoms with Crippen LogP contribution in [0.2, 0.25) is 5.02 Å². The summed E-state index contributed by atoms with van der Waals surface area (Å²) in [7, 11) is 0. The van der Waals surface area contributed by atoms with E-state index in [1.807, 2.05) is 0 Å². The van der Waals surface area contributed by atoms with E-state index in [0.29, 0.717) is 33.4 Å². The Labute approximate surface area is 125 Å². The van der Waals surface area contributed by atoms with Crippen molar-refractivity contribution in [2.24, 2.45) is 0 Å². The van der Waals surface area contributed by atoms with Crippen LogP contribution in [0.25, 0.3) is 11.1 Å². The fourth-order valence-corrected chi connectivity index (χ4v) is 2.17. The zero-order valence-electron chi connectivity index (χ0n) is 11.2. The molecule has 2 N–H and O–H groups in total. The number of oxazole rings is 1. The van der Waals surface area contributed by atoms with E-state index < -0.39 is 0 Å². The van der Waals surface area contributed by atoms with Gasteiger partial charge in [0.15, 0.2) is 11.5 Å². The van der Waals surface area contributed by atoms with Crippen LogP contribution in [-0.4, -0.2) is 11.0 Å². The maximum Gasteiger partial charge on any atom is 0.323 e. The molecule has 6 heteroatoms. The van der Waals surface area contributed by atoms with E-state index in [-0.39, 0.29) is 6.03 Å². The van der Waals surface area contributed by atoms with Crippen LogP contribution in [0.3, 0.4) is 0 Å². The number of nitrogens with one attached hydrogen (secondary N) is 2. The van der Waals surface area contributed by atoms with Crippen molar-refractivity contribution in [3.05, 3.63) is 53.4 Å². The summed E-state index contributed by atoms with van der Waals surface area (Å²) in [5, 5.41) is 6.00. The van der Waals surface area contributed by atoms with Gasteiger partial charge in [-0.05, 0) is 36.4 Å². The molecule has 0 bridgehead atoms. The second-order valence-electron chi connectivity index (χ2n) is 4.50. The minimum atomic E-state index is -0.350. The van der Waals surface area contributed by atoms with E-state index >= 15 is 0 Å². The maximum absolute atomic E-state index is 11.9. The van der Waals surface area contributed by atoms with Gasteiger partial charge in [0.25, 0.3) is 0 Å². The van der Waals surface area contributed by atoms with Crippen LogP contribution in [0, 0.1) is 6.92 Å². The number of urea groups is 1. The third kappa shape index (κ3) is 3.14. The molecule has 0 radical (unpaired) electrons. The SMILES string of the molecule is Cc1nc2cc(NC(=O)Nc3cccc(Cl)c3)ccc2o1. The minimum Gasteiger partial charge on any atom is -0.441 e. The van der Waals surface area contributed by atoms with Gasteiger partial charge in [-0.1, -0.05) is 17.7 Å². The molecule has 3 rings (SSSR count). The average molecular weight is 302 g/mol. The standard InChI is InChI=1S/C15H12ClN3O2/c1-9-17-13-8-12(5-6-14(13)21-9)19-15(20)18-11-4-2-3-10(16)7-11/h2-8H,1H3,(H2,18,19,20). The first-order chi connectivity index (χ1) is 10.1. The average Bonchev–Trinajstić information content (AvgIpc) is 2.78. The molecule has 1 aromatic heterocycles. The molecule has 21 heavy (non-hydrogen) atoms. The predicted octanol–water partition coefficient (Wildman–Crippen LogP) is 4.43. The predicted molar refractivity (Wildman–Crippen MR) is 82.8 cm³/mol. The summed E-state index contributed by atoms with van der Waals surface area (Å²) >= 11 is 5.87. The highest BCUT2D eigenvalue weighted by Crippen LogP contribution is 2.20. The van der Waals surface area contributed by atoms with Crippen molar-refractivity contribution in [1.82, 2.24) is 4.98 Å². The lowest BCUT2D eigenvalue weighted by molar-refractivity contribution is 0.262. The summed E-state index contributed by atoms with van der Waals surface area (Å²) in [6.07, 6.45) is 0. The molecule has 2 aromatic carbocycles. The summed E-state index contributed by atoms with van der Waals surface area (Å²) < 4.78 is 5.38. The topological polar surface area (TPSA) is 67.2 Å². The number of aromatic nitrogens is 1. The third-order valence-corrected chi connectivity index (χ3v) is 3.07. The van der Waals surface area contributed by atoms with Gasteiger partial charge in [0.05, 0.1) is 0 Å². The Hall–Kier alpha value is -2.53. The quantitative estimate of drug-likeness (QED) is 0.735. The number of carbonyl (C=O) groups is 1. The molecule has 5 nitrogen and oxygen atoms in total. The van der Waals surface area contributed by atoms with E-state index in [4.69, 9.17) is 16.0 Å². The molecule has 2 amide bonds. The molecular weight excluding hydrogens is 290 g/mol. The van der Waals surface area contributed by atoms with Crippen LogP contribution >= 0.6 is 11.6 Å². The first-order valence-electron chi connectivity index (χ1n) is 6.31. The van der Waals surface area contributed by atoms with Gasteiger partial charge < -0.3 is 15.1 Å². The Kier molecular flexibility index (Phi) is 3.50. The van der Waals surface area contributed by atoms with Crippen molar-refractivity contribution in [2.45, 2.75) is 6.92 Å². The van der Waals surface area contributed by atoms with E-state index in [2.05, 4.69) is 15.6 Å². The van der Waals surface area contributed by atoms with Crippen molar-refractivity contribution in [3.8, 4) is 0 Å². The highest BCUT2D eigenvalue weighted by atomic mass is 35.5. The maximum atomic E-state index is 11.9. The Morgan fingerprint density at radius 1 is 1.14 bits per heavy atom. The number of hydrogen-bond donors (Lipinski definition) is 2. The molecule has 106 valence electrons. The van der Waals surface area contributed by atoms with Crippen LogP contribution in [0.4, 0.5) is 16.2 Å². The molecule has 0 fully saturated rings. The number of hydrogen-bond acceptors (Lipinski definition) is 3. The summed E-state index contributed by atoms with van der Waals surface area (Å²) in [4.78, 5) is 16.1. The summed E-state index contributed by atoms with van der Waals surface area (Å²) in [6.45, 7) is 1.78. The summed E-state index contributed by atoms with van der Waals surface area (Å²) in [6, 6.07) is 11.9. The van der Waals surface area contributed by atoms with Crippen LogP contribution in [0.1, 0.15) is 5.89 Å². The Bertz CT molecular complexity index is 814. The van der Waals surface area contributed by atoms with E-state index in [1.54, 1.807) is 49.4 Å². The number of carbonyl (C=O) groups excluding carboxylic acids is 1. The number of aryl methyl sites for hydroxylation is 1. The molecule has 0 spiro atoms. The fraction of sp³-hybridized carbons (Fsp3) is 0.0667. The lowest BCUT2D eigenvalue weighted by Gasteiger charge is -2.07. The van der Waals surface area contributed by atoms with Crippen LogP contribution < -0.4 is 10.6 Å². The first-order valence-corrected chi connectivity index (χ1v) is 6.69. The van der Waals surface area contributed by atoms with Crippen LogP contribution in [0.15, 0.2) is 46.9 Å². The van der Waals surface area contributed by atoms with Gasteiger partial charge in [-0.15, -0.1) is 0 Å². The largest absolute Gasteiger partial charge is 0.441 e. The zero-order valence-corrected chi connectivity index (χ0v) is 11.9. The molecule has 0 atom stereocenters. The molecule has 0 saturated carbocycles. The Morgan fingerprint density at radius 2 is 1.90 bits per heavy atom. The molecule has 0 aliphatic rings. The van der Waals surface area contributed by atoms with Crippen molar-refractivity contribution in [2.75, 3.05) is 10.6 Å². The highest BCUT2D eigenvalue weighted by Gasteiger charge is 2.06. The van der Waals surface area contributed by atoms with Gasteiger partial charge >= 0.3 is 6.03 Å². The molecule has 1 heterocycles. The van der Waals surface area contributed by atoms with Crippen LogP contribution in [-0.2, 0) is 0 Å². The second kappa shape index (κ2) is 5.46. The number of halogens is 1. The zero-order chi connectivity index (χ0) is 14.8. The Balaban J connectivity index is 1.73. The summed E-state index contributed by atoms with van der Waals surface area (Å²) in [5.74, 6) is 0.588. The van der Waals surface area contributed by atoms with E-state index in [1.165, 1.54) is 0 Å². The minimum absolute atomic E-state index is 0.350. The van der Waals surface area contributed by atoms with E-state index in [9.17, 15) is 4.79 Å². The fourth-order valence-electron chi connectivity index (χ4n) is 1.98. The number of benzene rings is 2. The van der Waals surface area contributed by atoms with Crippen molar-refractivity contribution in [3.63, 3.8) is 0 Å². The van der Waals surface area contributed by atoms with Gasteiger partial charge in [0.1, 0.15) is 5.52 Å². The molecule has 3 aromatic rings. The number of amides is 2. The normalized spacial score (nSPS) is 10.6. The molecule has 0 saturated heterocycles. The van der Waals surface area contributed by atoms with Gasteiger partial charge in [0, 0.05) is 23.3 Å². The lowest BCUT2D eigenvalue weighted by Crippen LogP contribution is -2.19. The molecular formula is C15H12ClN3O2. The number of nitrogens with zero attached hydrogens (tertiary/aromatic N) is 1. The van der Waals surface area contributed by atoms with Crippen LogP contribution in [0.5, 0.6) is 0 Å². The van der Waals surface area contributed by atoms with E-state index in [0.717, 1.165) is 0 Å². The highest BCUT2D eigenvalue weighted by molar-refractivity contribution is 6.30. The van der Waals surface area contributed by atoms with Crippen molar-refractivity contribution < 1.29 is 9.21 Å². The molecule has 0 aliphatic heterocycles. The van der Waals surface area contributed by atoms with Gasteiger partial charge in [-0.3, -0.25) is 0 Å². The van der Waals surface area contributed by atoms with Crippen molar-refractivity contribution in [1.29, 1.82) is 0 Å². The molecule has 0 aliphatic carbocycles. The first kappa shape index (κ1) is 13.5. The Morgan fingerprint density at radius 3 is 2.67 bits per heavy atom.